The highest BCUT2D eigenvalue weighted by Crippen LogP contribution is 2.43. The van der Waals surface area contributed by atoms with Crippen LogP contribution in [0.4, 0.5) is 5.82 Å². The van der Waals surface area contributed by atoms with E-state index in [9.17, 15) is 0 Å². The Kier molecular flexibility index (Phi) is 4.08. The van der Waals surface area contributed by atoms with Gasteiger partial charge >= 0.3 is 0 Å². The minimum Gasteiger partial charge on any atom is -0.463 e. The number of anilines is 1. The van der Waals surface area contributed by atoms with E-state index in [1.165, 1.54) is 46.9 Å². The number of hydrogen-bond acceptors (Lipinski definition) is 6. The van der Waals surface area contributed by atoms with Crippen LogP contribution in [0.15, 0.2) is 29.1 Å². The van der Waals surface area contributed by atoms with Gasteiger partial charge in [0.1, 0.15) is 22.7 Å². The summed E-state index contributed by atoms with van der Waals surface area (Å²) in [4.78, 5) is 18.1. The Labute approximate surface area is 173 Å². The van der Waals surface area contributed by atoms with E-state index in [0.717, 1.165) is 59.5 Å². The Bertz CT molecular complexity index is 1190. The van der Waals surface area contributed by atoms with Crippen LogP contribution in [0, 0.1) is 5.92 Å². The maximum absolute atomic E-state index is 5.74. The first-order valence-corrected chi connectivity index (χ1v) is 11.5. The fourth-order valence-corrected chi connectivity index (χ4v) is 6.09. The van der Waals surface area contributed by atoms with Crippen molar-refractivity contribution in [3.63, 3.8) is 0 Å². The molecular weight excluding hydrogens is 380 g/mol. The molecule has 1 saturated heterocycles. The molecule has 148 valence electrons. The Balaban J connectivity index is 1.60. The number of rotatable bonds is 2. The first kappa shape index (κ1) is 17.4. The lowest BCUT2D eigenvalue weighted by Crippen LogP contribution is -2.33. The average molecular weight is 405 g/mol. The van der Waals surface area contributed by atoms with E-state index in [-0.39, 0.29) is 0 Å². The molecule has 2 aliphatic rings. The largest absolute Gasteiger partial charge is 0.463 e. The summed E-state index contributed by atoms with van der Waals surface area (Å²) in [6.07, 6.45) is 10.5. The minimum absolute atomic E-state index is 0.801. The van der Waals surface area contributed by atoms with Gasteiger partial charge in [0.25, 0.3) is 0 Å². The third kappa shape index (κ3) is 2.76. The molecule has 0 spiro atoms. The molecule has 0 unspecified atom stereocenters. The van der Waals surface area contributed by atoms with E-state index < -0.39 is 0 Å². The lowest BCUT2D eigenvalue weighted by Gasteiger charge is -2.31. The molecule has 0 saturated carbocycles. The highest BCUT2D eigenvalue weighted by molar-refractivity contribution is 7.26. The van der Waals surface area contributed by atoms with Crippen LogP contribution in [0.3, 0.4) is 0 Å². The molecular formula is C23H24N4OS. The summed E-state index contributed by atoms with van der Waals surface area (Å²) in [7, 11) is 0. The summed E-state index contributed by atoms with van der Waals surface area (Å²) in [5, 5.41) is 1.25. The van der Waals surface area contributed by atoms with Crippen molar-refractivity contribution in [1.29, 1.82) is 0 Å². The van der Waals surface area contributed by atoms with Gasteiger partial charge in [0, 0.05) is 18.5 Å². The molecule has 5 heterocycles. The average Bonchev–Trinajstić information content (AvgIpc) is 3.41. The maximum atomic E-state index is 5.74. The van der Waals surface area contributed by atoms with Gasteiger partial charge < -0.3 is 9.32 Å². The van der Waals surface area contributed by atoms with Gasteiger partial charge in [-0.1, -0.05) is 6.92 Å². The zero-order valence-corrected chi connectivity index (χ0v) is 17.5. The van der Waals surface area contributed by atoms with Crippen molar-refractivity contribution in [1.82, 2.24) is 15.0 Å². The topological polar surface area (TPSA) is 55.1 Å². The Morgan fingerprint density at radius 1 is 1.10 bits per heavy atom. The first-order chi connectivity index (χ1) is 14.3. The number of furan rings is 1. The molecule has 0 atom stereocenters. The molecule has 6 heteroatoms. The van der Waals surface area contributed by atoms with E-state index in [4.69, 9.17) is 19.4 Å². The van der Waals surface area contributed by atoms with E-state index in [1.807, 2.05) is 12.1 Å². The van der Waals surface area contributed by atoms with Crippen molar-refractivity contribution in [3.05, 3.63) is 35.9 Å². The van der Waals surface area contributed by atoms with Gasteiger partial charge in [-0.25, -0.2) is 15.0 Å². The molecule has 6 rings (SSSR count). The van der Waals surface area contributed by atoms with Crippen molar-refractivity contribution in [2.45, 2.75) is 45.4 Å². The Hall–Kier alpha value is -2.47. The van der Waals surface area contributed by atoms with Gasteiger partial charge in [-0.15, -0.1) is 11.3 Å². The first-order valence-electron chi connectivity index (χ1n) is 10.7. The van der Waals surface area contributed by atoms with Crippen LogP contribution in [-0.4, -0.2) is 28.0 Å². The van der Waals surface area contributed by atoms with Crippen LogP contribution >= 0.6 is 11.3 Å². The van der Waals surface area contributed by atoms with E-state index in [2.05, 4.69) is 11.8 Å². The molecule has 1 aliphatic heterocycles. The van der Waals surface area contributed by atoms with Gasteiger partial charge in [0.05, 0.1) is 16.5 Å². The van der Waals surface area contributed by atoms with E-state index in [1.54, 1.807) is 23.9 Å². The number of fused-ring (bicyclic) bond motifs is 5. The summed E-state index contributed by atoms with van der Waals surface area (Å²) >= 11 is 1.75. The van der Waals surface area contributed by atoms with Crippen LogP contribution in [0.1, 0.15) is 43.7 Å². The maximum Gasteiger partial charge on any atom is 0.152 e. The van der Waals surface area contributed by atoms with Gasteiger partial charge in [-0.2, -0.15) is 0 Å². The summed E-state index contributed by atoms with van der Waals surface area (Å²) in [6, 6.07) is 3.97. The third-order valence-electron chi connectivity index (χ3n) is 6.54. The second-order valence-electron chi connectivity index (χ2n) is 8.43. The van der Waals surface area contributed by atoms with Gasteiger partial charge in [-0.05, 0) is 67.7 Å². The van der Waals surface area contributed by atoms with Crippen molar-refractivity contribution in [3.8, 4) is 11.5 Å². The number of aromatic nitrogens is 3. The number of aryl methyl sites for hydroxylation is 1. The van der Waals surface area contributed by atoms with Crippen LogP contribution in [0.25, 0.3) is 31.9 Å². The van der Waals surface area contributed by atoms with Gasteiger partial charge in [-0.3, -0.25) is 0 Å². The van der Waals surface area contributed by atoms with Crippen LogP contribution in [-0.2, 0) is 12.8 Å². The van der Waals surface area contributed by atoms with Crippen molar-refractivity contribution < 1.29 is 4.42 Å². The molecule has 0 radical (unpaired) electrons. The summed E-state index contributed by atoms with van der Waals surface area (Å²) in [6.45, 7) is 4.49. The highest BCUT2D eigenvalue weighted by atomic mass is 32.1. The zero-order valence-electron chi connectivity index (χ0n) is 16.6. The third-order valence-corrected chi connectivity index (χ3v) is 7.61. The molecule has 1 fully saturated rings. The number of pyridine rings is 1. The summed E-state index contributed by atoms with van der Waals surface area (Å²) in [5.41, 5.74) is 4.89. The molecule has 0 amide bonds. The van der Waals surface area contributed by atoms with Crippen molar-refractivity contribution in [2.75, 3.05) is 18.0 Å². The molecule has 0 N–H and O–H groups in total. The normalized spacial score (nSPS) is 17.9. The summed E-state index contributed by atoms with van der Waals surface area (Å²) < 4.78 is 6.93. The number of thiophene rings is 1. The fraction of sp³-hybridized carbons (Fsp3) is 0.435. The second kappa shape index (κ2) is 6.80. The fourth-order valence-electron chi connectivity index (χ4n) is 4.91. The van der Waals surface area contributed by atoms with Crippen LogP contribution < -0.4 is 4.90 Å². The highest BCUT2D eigenvalue weighted by Gasteiger charge is 2.26. The molecule has 1 aliphatic carbocycles. The smallest absolute Gasteiger partial charge is 0.152 e. The standard InChI is InChI=1S/C23H24N4OS/c1-14-8-10-27(11-9-14)22-21-20(24-13-25-22)18-15-5-2-3-6-16(15)19(26-23(18)29-21)17-7-4-12-28-17/h4,7,12-14H,2-3,5-6,8-11H2,1H3. The van der Waals surface area contributed by atoms with Crippen LogP contribution in [0.5, 0.6) is 0 Å². The van der Waals surface area contributed by atoms with E-state index in [0.29, 0.717) is 0 Å². The molecule has 29 heavy (non-hydrogen) atoms. The van der Waals surface area contributed by atoms with Crippen molar-refractivity contribution >= 4 is 37.6 Å². The molecule has 4 aromatic rings. The molecule has 5 nitrogen and oxygen atoms in total. The molecule has 0 aromatic carbocycles. The Morgan fingerprint density at radius 3 is 2.72 bits per heavy atom. The summed E-state index contributed by atoms with van der Waals surface area (Å²) in [5.74, 6) is 2.77. The quantitative estimate of drug-likeness (QED) is 0.434. The monoisotopic (exact) mass is 404 g/mol. The zero-order chi connectivity index (χ0) is 19.4. The minimum atomic E-state index is 0.801. The molecule has 4 aromatic heterocycles. The van der Waals surface area contributed by atoms with E-state index >= 15 is 0 Å². The number of hydrogen-bond donors (Lipinski definition) is 0. The predicted molar refractivity (Wildman–Crippen MR) is 118 cm³/mol. The van der Waals surface area contributed by atoms with Gasteiger partial charge in [0.2, 0.25) is 0 Å². The number of piperidine rings is 1. The SMILES string of the molecule is CC1CCN(c2ncnc3c2sc2nc(-c4ccco4)c4c(c23)CCCC4)CC1. The second-order valence-corrected chi connectivity index (χ2v) is 9.43. The molecule has 0 bridgehead atoms. The predicted octanol–water partition coefficient (Wildman–Crippen LogP) is 5.61. The lowest BCUT2D eigenvalue weighted by molar-refractivity contribution is 0.437. The van der Waals surface area contributed by atoms with Crippen LogP contribution in [0.2, 0.25) is 0 Å². The van der Waals surface area contributed by atoms with Gasteiger partial charge in [0.15, 0.2) is 5.76 Å². The lowest BCUT2D eigenvalue weighted by atomic mass is 9.88. The Morgan fingerprint density at radius 2 is 1.93 bits per heavy atom. The van der Waals surface area contributed by atoms with Crippen molar-refractivity contribution in [2.24, 2.45) is 5.92 Å². The number of nitrogens with zero attached hydrogens (tertiary/aromatic N) is 4.